The van der Waals surface area contributed by atoms with Gasteiger partial charge in [0.1, 0.15) is 5.75 Å². The van der Waals surface area contributed by atoms with Crippen molar-refractivity contribution >= 4 is 5.91 Å². The first-order chi connectivity index (χ1) is 15.5. The molecule has 0 N–H and O–H groups in total. The highest BCUT2D eigenvalue weighted by atomic mass is 16.5. The number of rotatable bonds is 7. The number of nitrogens with zero attached hydrogens (tertiary/aromatic N) is 4. The largest absolute Gasteiger partial charge is 0.497 e. The van der Waals surface area contributed by atoms with Crippen molar-refractivity contribution in [1.29, 1.82) is 0 Å². The van der Waals surface area contributed by atoms with Gasteiger partial charge in [0.2, 0.25) is 17.6 Å². The first-order valence-electron chi connectivity index (χ1n) is 11.1. The van der Waals surface area contributed by atoms with E-state index in [-0.39, 0.29) is 5.91 Å². The van der Waals surface area contributed by atoms with Gasteiger partial charge in [-0.2, -0.15) is 4.98 Å². The van der Waals surface area contributed by atoms with Gasteiger partial charge in [-0.1, -0.05) is 55.4 Å². The Hall–Kier alpha value is -3.19. The van der Waals surface area contributed by atoms with Gasteiger partial charge >= 0.3 is 0 Å². The predicted octanol–water partition coefficient (Wildman–Crippen LogP) is 3.76. The van der Waals surface area contributed by atoms with Crippen molar-refractivity contribution in [3.8, 4) is 17.1 Å². The monoisotopic (exact) mass is 434 g/mol. The summed E-state index contributed by atoms with van der Waals surface area (Å²) in [6.45, 7) is 7.90. The number of hydrogen-bond acceptors (Lipinski definition) is 6. The minimum absolute atomic E-state index is 0.142. The number of aromatic nitrogens is 2. The van der Waals surface area contributed by atoms with Crippen LogP contribution in [0.3, 0.4) is 0 Å². The van der Waals surface area contributed by atoms with E-state index in [9.17, 15) is 4.79 Å². The van der Waals surface area contributed by atoms with Crippen LogP contribution in [0, 0.1) is 0 Å². The molecule has 1 saturated heterocycles. The summed E-state index contributed by atoms with van der Waals surface area (Å²) < 4.78 is 10.7. The lowest BCUT2D eigenvalue weighted by atomic mass is 10.0. The molecular formula is C25H30N4O3. The molecule has 0 unspecified atom stereocenters. The number of ether oxygens (including phenoxy) is 1. The van der Waals surface area contributed by atoms with Crippen LogP contribution in [-0.2, 0) is 17.8 Å². The van der Waals surface area contributed by atoms with Crippen LogP contribution in [0.15, 0.2) is 53.1 Å². The average molecular weight is 435 g/mol. The van der Waals surface area contributed by atoms with E-state index in [2.05, 4.69) is 41.0 Å². The summed E-state index contributed by atoms with van der Waals surface area (Å²) in [5, 5.41) is 4.14. The summed E-state index contributed by atoms with van der Waals surface area (Å²) in [6, 6.07) is 16.0. The lowest BCUT2D eigenvalue weighted by molar-refractivity contribution is -0.132. The van der Waals surface area contributed by atoms with Gasteiger partial charge in [-0.25, -0.2) is 0 Å². The average Bonchev–Trinajstić information content (AvgIpc) is 3.28. The third-order valence-corrected chi connectivity index (χ3v) is 5.88. The molecule has 7 nitrogen and oxygen atoms in total. The molecule has 1 fully saturated rings. The van der Waals surface area contributed by atoms with Gasteiger partial charge in [0, 0.05) is 31.7 Å². The van der Waals surface area contributed by atoms with Crippen LogP contribution in [0.2, 0.25) is 0 Å². The second kappa shape index (κ2) is 9.96. The molecule has 1 amide bonds. The Morgan fingerprint density at radius 1 is 1.09 bits per heavy atom. The topological polar surface area (TPSA) is 71.7 Å². The smallest absolute Gasteiger partial charge is 0.241 e. The van der Waals surface area contributed by atoms with E-state index in [0.29, 0.717) is 43.7 Å². The van der Waals surface area contributed by atoms with Crippen LogP contribution in [0.5, 0.6) is 5.75 Å². The maximum Gasteiger partial charge on any atom is 0.241 e. The normalized spacial score (nSPS) is 14.7. The van der Waals surface area contributed by atoms with Crippen molar-refractivity contribution in [2.45, 2.75) is 32.7 Å². The molecule has 1 aliphatic rings. The summed E-state index contributed by atoms with van der Waals surface area (Å²) >= 11 is 0. The highest BCUT2D eigenvalue weighted by Gasteiger charge is 2.23. The molecule has 2 heterocycles. The van der Waals surface area contributed by atoms with E-state index in [1.165, 1.54) is 5.56 Å². The number of amides is 1. The second-order valence-electron chi connectivity index (χ2n) is 8.47. The van der Waals surface area contributed by atoms with Crippen molar-refractivity contribution in [3.05, 3.63) is 65.5 Å². The lowest BCUT2D eigenvalue weighted by Gasteiger charge is -2.34. The third-order valence-electron chi connectivity index (χ3n) is 5.88. The fraction of sp³-hybridized carbons (Fsp3) is 0.400. The van der Waals surface area contributed by atoms with Crippen LogP contribution in [0.1, 0.15) is 36.8 Å². The molecule has 1 aromatic heterocycles. The van der Waals surface area contributed by atoms with Gasteiger partial charge in [0.15, 0.2) is 0 Å². The van der Waals surface area contributed by atoms with Crippen LogP contribution >= 0.6 is 0 Å². The summed E-state index contributed by atoms with van der Waals surface area (Å²) in [5.41, 5.74) is 3.21. The van der Waals surface area contributed by atoms with Gasteiger partial charge in [-0.3, -0.25) is 9.69 Å². The Morgan fingerprint density at radius 3 is 2.53 bits per heavy atom. The molecule has 0 aliphatic carbocycles. The Kier molecular flexibility index (Phi) is 6.85. The Morgan fingerprint density at radius 2 is 1.84 bits per heavy atom. The fourth-order valence-electron chi connectivity index (χ4n) is 3.87. The number of benzene rings is 2. The van der Waals surface area contributed by atoms with Crippen LogP contribution < -0.4 is 4.74 Å². The first-order valence-corrected chi connectivity index (χ1v) is 11.1. The molecule has 1 aliphatic heterocycles. The molecule has 0 spiro atoms. The van der Waals surface area contributed by atoms with Crippen molar-refractivity contribution in [2.24, 2.45) is 0 Å². The molecule has 4 rings (SSSR count). The Bertz CT molecular complexity index is 1040. The maximum atomic E-state index is 12.7. The molecule has 7 heteroatoms. The number of hydrogen-bond donors (Lipinski definition) is 0. The van der Waals surface area contributed by atoms with Crippen molar-refractivity contribution < 1.29 is 14.1 Å². The zero-order chi connectivity index (χ0) is 22.5. The second-order valence-corrected chi connectivity index (χ2v) is 8.47. The number of piperazine rings is 1. The number of carbonyl (C=O) groups is 1. The van der Waals surface area contributed by atoms with Crippen molar-refractivity contribution in [3.63, 3.8) is 0 Å². The van der Waals surface area contributed by atoms with Gasteiger partial charge < -0.3 is 14.2 Å². The van der Waals surface area contributed by atoms with Gasteiger partial charge in [-0.15, -0.1) is 0 Å². The third kappa shape index (κ3) is 5.34. The standard InChI is InChI=1S/C25H30N4O3/c1-18(2)20-7-9-21(10-8-20)25-26-23(32-27-25)17-28-11-13-29(14-12-28)24(30)16-19-5-4-6-22(15-19)31-3/h4-10,15,18H,11-14,16-17H2,1-3H3. The van der Waals surface area contributed by atoms with E-state index in [4.69, 9.17) is 9.26 Å². The Balaban J connectivity index is 1.28. The number of methoxy groups -OCH3 is 1. The molecule has 2 aromatic carbocycles. The molecular weight excluding hydrogens is 404 g/mol. The van der Waals surface area contributed by atoms with Crippen molar-refractivity contribution in [2.75, 3.05) is 33.3 Å². The van der Waals surface area contributed by atoms with E-state index in [1.54, 1.807) is 7.11 Å². The van der Waals surface area contributed by atoms with E-state index >= 15 is 0 Å². The van der Waals surface area contributed by atoms with E-state index in [0.717, 1.165) is 30.0 Å². The SMILES string of the molecule is COc1cccc(CC(=O)N2CCN(Cc3nc(-c4ccc(C(C)C)cc4)no3)CC2)c1. The highest BCUT2D eigenvalue weighted by molar-refractivity contribution is 5.79. The molecule has 0 atom stereocenters. The van der Waals surface area contributed by atoms with E-state index in [1.807, 2.05) is 41.3 Å². The summed E-state index contributed by atoms with van der Waals surface area (Å²) in [4.78, 5) is 21.4. The maximum absolute atomic E-state index is 12.7. The summed E-state index contributed by atoms with van der Waals surface area (Å²) in [5.74, 6) is 2.62. The summed E-state index contributed by atoms with van der Waals surface area (Å²) in [6.07, 6.45) is 0.389. The van der Waals surface area contributed by atoms with Gasteiger partial charge in [-0.05, 0) is 29.2 Å². The highest BCUT2D eigenvalue weighted by Crippen LogP contribution is 2.21. The predicted molar refractivity (Wildman–Crippen MR) is 122 cm³/mol. The first kappa shape index (κ1) is 22.0. The molecule has 0 radical (unpaired) electrons. The molecule has 32 heavy (non-hydrogen) atoms. The quantitative estimate of drug-likeness (QED) is 0.564. The minimum atomic E-state index is 0.142. The number of carbonyl (C=O) groups excluding carboxylic acids is 1. The summed E-state index contributed by atoms with van der Waals surface area (Å²) in [7, 11) is 1.63. The zero-order valence-electron chi connectivity index (χ0n) is 19.0. The minimum Gasteiger partial charge on any atom is -0.497 e. The van der Waals surface area contributed by atoms with Crippen LogP contribution in [0.25, 0.3) is 11.4 Å². The van der Waals surface area contributed by atoms with Crippen molar-refractivity contribution in [1.82, 2.24) is 19.9 Å². The molecule has 168 valence electrons. The van der Waals surface area contributed by atoms with Gasteiger partial charge in [0.05, 0.1) is 20.1 Å². The lowest BCUT2D eigenvalue weighted by Crippen LogP contribution is -2.48. The van der Waals surface area contributed by atoms with Crippen LogP contribution in [-0.4, -0.2) is 59.1 Å². The van der Waals surface area contributed by atoms with Gasteiger partial charge in [0.25, 0.3) is 0 Å². The fourth-order valence-corrected chi connectivity index (χ4v) is 3.87. The molecule has 0 bridgehead atoms. The van der Waals surface area contributed by atoms with Crippen LogP contribution in [0.4, 0.5) is 0 Å². The zero-order valence-corrected chi connectivity index (χ0v) is 19.0. The Labute approximate surface area is 189 Å². The van der Waals surface area contributed by atoms with E-state index < -0.39 is 0 Å². The molecule has 0 saturated carbocycles. The molecule has 3 aromatic rings.